The fraction of sp³-hybridized carbons (Fsp3) is 0.688. The van der Waals surface area contributed by atoms with Crippen molar-refractivity contribution < 1.29 is 0 Å². The molecular formula is C16H25BrN2. The molecule has 0 aliphatic carbocycles. The van der Waals surface area contributed by atoms with Crippen molar-refractivity contribution in [2.45, 2.75) is 57.9 Å². The van der Waals surface area contributed by atoms with Crippen LogP contribution in [0.3, 0.4) is 0 Å². The van der Waals surface area contributed by atoms with E-state index in [9.17, 15) is 0 Å². The highest BCUT2D eigenvalue weighted by molar-refractivity contribution is 9.09. The zero-order chi connectivity index (χ0) is 13.9. The maximum Gasteiger partial charge on any atom is 0.128 e. The summed E-state index contributed by atoms with van der Waals surface area (Å²) in [7, 11) is 0. The maximum absolute atomic E-state index is 4.71. The Bertz CT molecular complexity index is 392. The van der Waals surface area contributed by atoms with E-state index < -0.39 is 0 Å². The van der Waals surface area contributed by atoms with Crippen molar-refractivity contribution in [2.75, 3.05) is 16.8 Å². The van der Waals surface area contributed by atoms with Gasteiger partial charge in [-0.25, -0.2) is 4.98 Å². The van der Waals surface area contributed by atoms with Crippen LogP contribution < -0.4 is 4.90 Å². The molecule has 2 heterocycles. The standard InChI is InChI=1S/C16H25BrN2/c1-16(2,3)13-7-8-15(18-12-13)19-11-5-4-6-14(19)9-10-17/h7-8,12,14H,4-6,9-11H2,1-3H3. The fourth-order valence-corrected chi connectivity index (χ4v) is 3.26. The van der Waals surface area contributed by atoms with Gasteiger partial charge in [0.25, 0.3) is 0 Å². The van der Waals surface area contributed by atoms with Gasteiger partial charge in [0, 0.05) is 24.1 Å². The summed E-state index contributed by atoms with van der Waals surface area (Å²) >= 11 is 3.58. The summed E-state index contributed by atoms with van der Waals surface area (Å²) in [6.45, 7) is 7.86. The number of alkyl halides is 1. The van der Waals surface area contributed by atoms with Crippen LogP contribution >= 0.6 is 15.9 Å². The topological polar surface area (TPSA) is 16.1 Å². The van der Waals surface area contributed by atoms with E-state index in [1.54, 1.807) is 0 Å². The van der Waals surface area contributed by atoms with Crippen LogP contribution in [0, 0.1) is 0 Å². The molecule has 1 unspecified atom stereocenters. The van der Waals surface area contributed by atoms with E-state index >= 15 is 0 Å². The van der Waals surface area contributed by atoms with Gasteiger partial charge in [0.05, 0.1) is 0 Å². The number of hydrogen-bond acceptors (Lipinski definition) is 2. The first-order valence-electron chi connectivity index (χ1n) is 7.31. The average Bonchev–Trinajstić information content (AvgIpc) is 2.39. The minimum absolute atomic E-state index is 0.183. The Kier molecular flexibility index (Phi) is 4.88. The molecule has 1 aliphatic rings. The highest BCUT2D eigenvalue weighted by Gasteiger charge is 2.23. The number of rotatable bonds is 3. The van der Waals surface area contributed by atoms with E-state index in [0.29, 0.717) is 6.04 Å². The minimum Gasteiger partial charge on any atom is -0.354 e. The molecule has 2 rings (SSSR count). The van der Waals surface area contributed by atoms with Crippen LogP contribution in [-0.4, -0.2) is 22.9 Å². The van der Waals surface area contributed by atoms with Crippen LogP contribution in [0.15, 0.2) is 18.3 Å². The SMILES string of the molecule is CC(C)(C)c1ccc(N2CCCCC2CCBr)nc1. The van der Waals surface area contributed by atoms with Crippen molar-refractivity contribution in [3.63, 3.8) is 0 Å². The Morgan fingerprint density at radius 1 is 1.32 bits per heavy atom. The first-order chi connectivity index (χ1) is 9.02. The molecule has 106 valence electrons. The highest BCUT2D eigenvalue weighted by atomic mass is 79.9. The van der Waals surface area contributed by atoms with E-state index in [1.165, 1.54) is 31.2 Å². The van der Waals surface area contributed by atoms with E-state index in [0.717, 1.165) is 17.7 Å². The molecule has 1 aromatic rings. The minimum atomic E-state index is 0.183. The molecule has 0 aromatic carbocycles. The summed E-state index contributed by atoms with van der Waals surface area (Å²) in [5.41, 5.74) is 1.49. The second-order valence-electron chi connectivity index (χ2n) is 6.48. The molecule has 1 fully saturated rings. The lowest BCUT2D eigenvalue weighted by molar-refractivity contribution is 0.449. The van der Waals surface area contributed by atoms with Crippen LogP contribution in [0.4, 0.5) is 5.82 Å². The lowest BCUT2D eigenvalue weighted by Gasteiger charge is -2.36. The summed E-state index contributed by atoms with van der Waals surface area (Å²) in [5.74, 6) is 1.15. The van der Waals surface area contributed by atoms with Gasteiger partial charge in [-0.15, -0.1) is 0 Å². The molecule has 0 saturated carbocycles. The van der Waals surface area contributed by atoms with Gasteiger partial charge in [0.1, 0.15) is 5.82 Å². The number of nitrogens with zero attached hydrogens (tertiary/aromatic N) is 2. The zero-order valence-electron chi connectivity index (χ0n) is 12.3. The quantitative estimate of drug-likeness (QED) is 0.760. The van der Waals surface area contributed by atoms with Gasteiger partial charge in [0.2, 0.25) is 0 Å². The first kappa shape index (κ1) is 14.8. The molecule has 1 aliphatic heterocycles. The molecule has 19 heavy (non-hydrogen) atoms. The van der Waals surface area contributed by atoms with Gasteiger partial charge in [0.15, 0.2) is 0 Å². The summed E-state index contributed by atoms with van der Waals surface area (Å²) in [4.78, 5) is 7.21. The Labute approximate surface area is 125 Å². The van der Waals surface area contributed by atoms with Gasteiger partial charge in [-0.3, -0.25) is 0 Å². The van der Waals surface area contributed by atoms with E-state index in [1.807, 2.05) is 0 Å². The summed E-state index contributed by atoms with van der Waals surface area (Å²) in [6, 6.07) is 5.09. The van der Waals surface area contributed by atoms with Crippen LogP contribution in [0.25, 0.3) is 0 Å². The van der Waals surface area contributed by atoms with Crippen LogP contribution in [0.5, 0.6) is 0 Å². The van der Waals surface area contributed by atoms with E-state index in [2.05, 4.69) is 59.9 Å². The van der Waals surface area contributed by atoms with Crippen LogP contribution in [-0.2, 0) is 5.41 Å². The Hall–Kier alpha value is -0.570. The second kappa shape index (κ2) is 6.25. The van der Waals surface area contributed by atoms with Crippen molar-refractivity contribution >= 4 is 21.7 Å². The Morgan fingerprint density at radius 2 is 2.11 bits per heavy atom. The van der Waals surface area contributed by atoms with E-state index in [4.69, 9.17) is 4.98 Å². The van der Waals surface area contributed by atoms with Crippen molar-refractivity contribution in [3.8, 4) is 0 Å². The maximum atomic E-state index is 4.71. The van der Waals surface area contributed by atoms with Crippen LogP contribution in [0.2, 0.25) is 0 Å². The molecule has 0 radical (unpaired) electrons. The Balaban J connectivity index is 2.15. The normalized spacial score (nSPS) is 20.6. The van der Waals surface area contributed by atoms with E-state index in [-0.39, 0.29) is 5.41 Å². The molecule has 0 N–H and O–H groups in total. The molecule has 3 heteroatoms. The van der Waals surface area contributed by atoms with Crippen LogP contribution in [0.1, 0.15) is 52.0 Å². The zero-order valence-corrected chi connectivity index (χ0v) is 13.9. The van der Waals surface area contributed by atoms with Gasteiger partial charge in [-0.05, 0) is 42.7 Å². The van der Waals surface area contributed by atoms with Crippen molar-refractivity contribution in [1.29, 1.82) is 0 Å². The molecule has 1 atom stereocenters. The molecule has 0 amide bonds. The molecule has 1 saturated heterocycles. The third kappa shape index (κ3) is 3.71. The third-order valence-corrected chi connectivity index (χ3v) is 4.44. The predicted molar refractivity (Wildman–Crippen MR) is 86.3 cm³/mol. The monoisotopic (exact) mass is 324 g/mol. The predicted octanol–water partition coefficient (Wildman–Crippen LogP) is 4.52. The van der Waals surface area contributed by atoms with Gasteiger partial charge < -0.3 is 4.90 Å². The molecular weight excluding hydrogens is 300 g/mol. The molecule has 1 aromatic heterocycles. The number of halogens is 1. The molecule has 0 spiro atoms. The number of piperidine rings is 1. The highest BCUT2D eigenvalue weighted by Crippen LogP contribution is 2.27. The fourth-order valence-electron chi connectivity index (χ4n) is 2.73. The smallest absolute Gasteiger partial charge is 0.128 e. The summed E-state index contributed by atoms with van der Waals surface area (Å²) in [6.07, 6.45) is 7.21. The third-order valence-electron chi connectivity index (χ3n) is 3.98. The summed E-state index contributed by atoms with van der Waals surface area (Å²) in [5, 5.41) is 1.08. The number of hydrogen-bond donors (Lipinski definition) is 0. The first-order valence-corrected chi connectivity index (χ1v) is 8.43. The van der Waals surface area contributed by atoms with Crippen molar-refractivity contribution in [2.24, 2.45) is 0 Å². The molecule has 0 bridgehead atoms. The van der Waals surface area contributed by atoms with Crippen molar-refractivity contribution in [3.05, 3.63) is 23.9 Å². The lowest BCUT2D eigenvalue weighted by Crippen LogP contribution is -2.40. The van der Waals surface area contributed by atoms with Gasteiger partial charge in [-0.2, -0.15) is 0 Å². The largest absolute Gasteiger partial charge is 0.354 e. The lowest BCUT2D eigenvalue weighted by atomic mass is 9.88. The Morgan fingerprint density at radius 3 is 2.68 bits per heavy atom. The number of aromatic nitrogens is 1. The number of anilines is 1. The number of pyridine rings is 1. The van der Waals surface area contributed by atoms with Gasteiger partial charge in [-0.1, -0.05) is 42.8 Å². The summed E-state index contributed by atoms with van der Waals surface area (Å²) < 4.78 is 0. The van der Waals surface area contributed by atoms with Crippen molar-refractivity contribution in [1.82, 2.24) is 4.98 Å². The second-order valence-corrected chi connectivity index (χ2v) is 7.27. The van der Waals surface area contributed by atoms with Gasteiger partial charge >= 0.3 is 0 Å². The molecule has 2 nitrogen and oxygen atoms in total. The average molecular weight is 325 g/mol.